The number of rotatable bonds is 5. The minimum atomic E-state index is -0.310. The molecule has 1 unspecified atom stereocenters. The van der Waals surface area contributed by atoms with E-state index in [4.69, 9.17) is 4.74 Å². The van der Waals surface area contributed by atoms with Gasteiger partial charge in [-0.3, -0.25) is 0 Å². The molecule has 2 rings (SSSR count). The zero-order valence-electron chi connectivity index (χ0n) is 12.7. The summed E-state index contributed by atoms with van der Waals surface area (Å²) in [6, 6.07) is 5.49. The third-order valence-electron chi connectivity index (χ3n) is 3.72. The molecule has 0 spiro atoms. The van der Waals surface area contributed by atoms with Crippen molar-refractivity contribution in [1.82, 2.24) is 10.6 Å². The van der Waals surface area contributed by atoms with E-state index in [2.05, 4.69) is 10.6 Å². The molecule has 122 valence electrons. The fraction of sp³-hybridized carbons (Fsp3) is 0.562. The molecule has 0 radical (unpaired) electrons. The molecule has 3 N–H and O–H groups in total. The fourth-order valence-corrected chi connectivity index (χ4v) is 2.46. The van der Waals surface area contributed by atoms with E-state index in [0.29, 0.717) is 12.4 Å². The SMILES string of the molecule is CC(COc1ccc(F)cc1)NC(=O)NC1CCC(O)CC1. The lowest BCUT2D eigenvalue weighted by atomic mass is 9.93. The number of benzene rings is 1. The summed E-state index contributed by atoms with van der Waals surface area (Å²) in [5.74, 6) is 0.257. The van der Waals surface area contributed by atoms with Crippen molar-refractivity contribution in [2.24, 2.45) is 0 Å². The molecular formula is C16H23FN2O3. The Morgan fingerprint density at radius 2 is 1.95 bits per heavy atom. The zero-order valence-corrected chi connectivity index (χ0v) is 12.7. The molecule has 1 atom stereocenters. The van der Waals surface area contributed by atoms with Crippen molar-refractivity contribution >= 4 is 6.03 Å². The van der Waals surface area contributed by atoms with Crippen LogP contribution in [0.15, 0.2) is 24.3 Å². The maximum atomic E-state index is 12.8. The first-order chi connectivity index (χ1) is 10.5. The molecule has 5 nitrogen and oxygen atoms in total. The van der Waals surface area contributed by atoms with Gasteiger partial charge in [-0.15, -0.1) is 0 Å². The van der Waals surface area contributed by atoms with Crippen molar-refractivity contribution in [1.29, 1.82) is 0 Å². The van der Waals surface area contributed by atoms with E-state index in [1.165, 1.54) is 12.1 Å². The van der Waals surface area contributed by atoms with Gasteiger partial charge in [0.25, 0.3) is 0 Å². The van der Waals surface area contributed by atoms with Crippen LogP contribution in [0.1, 0.15) is 32.6 Å². The van der Waals surface area contributed by atoms with E-state index < -0.39 is 0 Å². The van der Waals surface area contributed by atoms with Crippen LogP contribution in [0.2, 0.25) is 0 Å². The Kier molecular flexibility index (Phi) is 6.00. The second-order valence-corrected chi connectivity index (χ2v) is 5.79. The molecule has 1 aromatic carbocycles. The summed E-state index contributed by atoms with van der Waals surface area (Å²) in [7, 11) is 0. The largest absolute Gasteiger partial charge is 0.491 e. The Labute approximate surface area is 129 Å². The van der Waals surface area contributed by atoms with Gasteiger partial charge in [0.15, 0.2) is 0 Å². The lowest BCUT2D eigenvalue weighted by Crippen LogP contribution is -2.48. The number of hydrogen-bond donors (Lipinski definition) is 3. The molecule has 1 aliphatic rings. The predicted octanol–water partition coefficient (Wildman–Crippen LogP) is 2.20. The van der Waals surface area contributed by atoms with Gasteiger partial charge in [0.1, 0.15) is 18.2 Å². The molecule has 0 bridgehead atoms. The van der Waals surface area contributed by atoms with Gasteiger partial charge in [-0.05, 0) is 56.9 Å². The molecule has 1 aromatic rings. The summed E-state index contributed by atoms with van der Waals surface area (Å²) < 4.78 is 18.3. The van der Waals surface area contributed by atoms with Crippen molar-refractivity contribution in [3.05, 3.63) is 30.1 Å². The quantitative estimate of drug-likeness (QED) is 0.781. The van der Waals surface area contributed by atoms with Crippen LogP contribution < -0.4 is 15.4 Å². The molecule has 0 aliphatic heterocycles. The minimum absolute atomic E-state index is 0.119. The summed E-state index contributed by atoms with van der Waals surface area (Å²) in [5, 5.41) is 15.2. The van der Waals surface area contributed by atoms with E-state index in [1.54, 1.807) is 12.1 Å². The van der Waals surface area contributed by atoms with Gasteiger partial charge in [-0.2, -0.15) is 0 Å². The normalized spacial score (nSPS) is 22.7. The van der Waals surface area contributed by atoms with Crippen molar-refractivity contribution in [2.45, 2.75) is 50.8 Å². The lowest BCUT2D eigenvalue weighted by molar-refractivity contribution is 0.117. The number of carbonyl (C=O) groups excluding carboxylic acids is 1. The second kappa shape index (κ2) is 7.98. The van der Waals surface area contributed by atoms with Crippen LogP contribution in [0, 0.1) is 5.82 Å². The number of urea groups is 1. The van der Waals surface area contributed by atoms with E-state index in [9.17, 15) is 14.3 Å². The van der Waals surface area contributed by atoms with Crippen LogP contribution in [0.3, 0.4) is 0 Å². The number of halogens is 1. The van der Waals surface area contributed by atoms with Crippen LogP contribution >= 0.6 is 0 Å². The number of ether oxygens (including phenoxy) is 1. The Hall–Kier alpha value is -1.82. The average molecular weight is 310 g/mol. The summed E-state index contributed by atoms with van der Waals surface area (Å²) in [4.78, 5) is 11.9. The van der Waals surface area contributed by atoms with Crippen molar-refractivity contribution in [3.63, 3.8) is 0 Å². The minimum Gasteiger partial charge on any atom is -0.491 e. The van der Waals surface area contributed by atoms with Crippen LogP contribution in [-0.4, -0.2) is 35.9 Å². The van der Waals surface area contributed by atoms with Gasteiger partial charge >= 0.3 is 6.03 Å². The molecule has 1 aliphatic carbocycles. The molecule has 0 aromatic heterocycles. The van der Waals surface area contributed by atoms with Crippen molar-refractivity contribution in [3.8, 4) is 5.75 Å². The topological polar surface area (TPSA) is 70.6 Å². The van der Waals surface area contributed by atoms with Gasteiger partial charge in [0.2, 0.25) is 0 Å². The summed E-state index contributed by atoms with van der Waals surface area (Å²) in [5.41, 5.74) is 0. The maximum absolute atomic E-state index is 12.8. The molecule has 22 heavy (non-hydrogen) atoms. The van der Waals surface area contributed by atoms with Gasteiger partial charge in [-0.1, -0.05) is 0 Å². The van der Waals surface area contributed by atoms with Crippen LogP contribution in [0.4, 0.5) is 9.18 Å². The smallest absolute Gasteiger partial charge is 0.315 e. The van der Waals surface area contributed by atoms with Gasteiger partial charge < -0.3 is 20.5 Å². The maximum Gasteiger partial charge on any atom is 0.315 e. The molecule has 2 amide bonds. The Bertz CT molecular complexity index is 473. The van der Waals surface area contributed by atoms with Crippen molar-refractivity contribution < 1.29 is 19.0 Å². The molecular weight excluding hydrogens is 287 g/mol. The lowest BCUT2D eigenvalue weighted by Gasteiger charge is -2.27. The van der Waals surface area contributed by atoms with Crippen molar-refractivity contribution in [2.75, 3.05) is 6.61 Å². The highest BCUT2D eigenvalue weighted by Gasteiger charge is 2.21. The molecule has 0 saturated heterocycles. The predicted molar refractivity (Wildman–Crippen MR) is 81.3 cm³/mol. The number of aliphatic hydroxyl groups excluding tert-OH is 1. The van der Waals surface area contributed by atoms with E-state index >= 15 is 0 Å². The molecule has 6 heteroatoms. The number of amides is 2. The Morgan fingerprint density at radius 3 is 2.59 bits per heavy atom. The fourth-order valence-electron chi connectivity index (χ4n) is 2.46. The third kappa shape index (κ3) is 5.52. The highest BCUT2D eigenvalue weighted by molar-refractivity contribution is 5.74. The van der Waals surface area contributed by atoms with E-state index in [-0.39, 0.29) is 30.0 Å². The monoisotopic (exact) mass is 310 g/mol. The van der Waals surface area contributed by atoms with Crippen LogP contribution in [0.5, 0.6) is 5.75 Å². The summed E-state index contributed by atoms with van der Waals surface area (Å²) >= 11 is 0. The highest BCUT2D eigenvalue weighted by Crippen LogP contribution is 2.18. The second-order valence-electron chi connectivity index (χ2n) is 5.79. The molecule has 0 heterocycles. The Balaban J connectivity index is 1.66. The van der Waals surface area contributed by atoms with Crippen LogP contribution in [0.25, 0.3) is 0 Å². The van der Waals surface area contributed by atoms with Crippen LogP contribution in [-0.2, 0) is 0 Å². The zero-order chi connectivity index (χ0) is 15.9. The summed E-state index contributed by atoms with van der Waals surface area (Å²) in [6.45, 7) is 2.15. The highest BCUT2D eigenvalue weighted by atomic mass is 19.1. The summed E-state index contributed by atoms with van der Waals surface area (Å²) in [6.07, 6.45) is 2.83. The standard InChI is InChI=1S/C16H23FN2O3/c1-11(10-22-15-8-2-12(17)3-9-15)18-16(21)19-13-4-6-14(20)7-5-13/h2-3,8-9,11,13-14,20H,4-7,10H2,1H3,(H2,18,19,21). The Morgan fingerprint density at radius 1 is 1.32 bits per heavy atom. The number of carbonyl (C=O) groups is 1. The van der Waals surface area contributed by atoms with Gasteiger partial charge in [-0.25, -0.2) is 9.18 Å². The number of hydrogen-bond acceptors (Lipinski definition) is 3. The van der Waals surface area contributed by atoms with Gasteiger partial charge in [0.05, 0.1) is 12.1 Å². The van der Waals surface area contributed by atoms with Gasteiger partial charge in [0, 0.05) is 6.04 Å². The first kappa shape index (κ1) is 16.5. The first-order valence-corrected chi connectivity index (χ1v) is 7.66. The third-order valence-corrected chi connectivity index (χ3v) is 3.72. The average Bonchev–Trinajstić information content (AvgIpc) is 2.49. The molecule has 1 fully saturated rings. The molecule has 1 saturated carbocycles. The first-order valence-electron chi connectivity index (χ1n) is 7.66. The van der Waals surface area contributed by atoms with E-state index in [1.807, 2.05) is 6.92 Å². The number of nitrogens with one attached hydrogen (secondary N) is 2. The number of aliphatic hydroxyl groups is 1. The van der Waals surface area contributed by atoms with E-state index in [0.717, 1.165) is 25.7 Å².